The van der Waals surface area contributed by atoms with Gasteiger partial charge in [-0.3, -0.25) is 9.59 Å². The molecule has 0 radical (unpaired) electrons. The summed E-state index contributed by atoms with van der Waals surface area (Å²) in [6.07, 6.45) is 4.56. The second kappa shape index (κ2) is 13.8. The summed E-state index contributed by atoms with van der Waals surface area (Å²) in [5, 5.41) is 3.57. The number of carbonyl (C=O) groups excluding carboxylic acids is 2. The van der Waals surface area contributed by atoms with Crippen LogP contribution < -0.4 is 5.32 Å². The van der Waals surface area contributed by atoms with Crippen LogP contribution in [0, 0.1) is 12.7 Å². The van der Waals surface area contributed by atoms with Crippen molar-refractivity contribution in [1.82, 2.24) is 10.2 Å². The number of amides is 2. The predicted octanol–water partition coefficient (Wildman–Crippen LogP) is 6.72. The number of carbonyl (C=O) groups is 2. The van der Waals surface area contributed by atoms with E-state index in [1.165, 1.54) is 17.8 Å². The number of hydrogen-bond acceptors (Lipinski definition) is 3. The predicted molar refractivity (Wildman–Crippen MR) is 154 cm³/mol. The van der Waals surface area contributed by atoms with Crippen LogP contribution in [0.15, 0.2) is 72.8 Å². The summed E-state index contributed by atoms with van der Waals surface area (Å²) in [5.41, 5.74) is 3.44. The number of nitrogens with zero attached hydrogens (tertiary/aromatic N) is 1. The van der Waals surface area contributed by atoms with E-state index >= 15 is 0 Å². The molecule has 1 N–H and O–H groups in total. The first-order chi connectivity index (χ1) is 18.4. The molecule has 1 aliphatic rings. The first-order valence-electron chi connectivity index (χ1n) is 13.1. The monoisotopic (exact) mass is 552 g/mol. The lowest BCUT2D eigenvalue weighted by atomic mass is 10.0. The lowest BCUT2D eigenvalue weighted by Crippen LogP contribution is -2.52. The number of halogens is 2. The fourth-order valence-corrected chi connectivity index (χ4v) is 6.14. The molecular weight excluding hydrogens is 519 g/mol. The van der Waals surface area contributed by atoms with Crippen LogP contribution >= 0.6 is 23.4 Å². The molecule has 200 valence electrons. The van der Waals surface area contributed by atoms with Crippen molar-refractivity contribution in [2.75, 3.05) is 5.75 Å². The average molecular weight is 553 g/mol. The van der Waals surface area contributed by atoms with Gasteiger partial charge in [0.15, 0.2) is 0 Å². The zero-order valence-corrected chi connectivity index (χ0v) is 23.2. The van der Waals surface area contributed by atoms with Crippen LogP contribution in [0.1, 0.15) is 47.9 Å². The zero-order chi connectivity index (χ0) is 26.9. The van der Waals surface area contributed by atoms with Gasteiger partial charge in [-0.05, 0) is 48.6 Å². The van der Waals surface area contributed by atoms with Gasteiger partial charge >= 0.3 is 0 Å². The minimum absolute atomic E-state index is 0.110. The van der Waals surface area contributed by atoms with Crippen molar-refractivity contribution < 1.29 is 14.0 Å². The molecule has 0 aliphatic heterocycles. The van der Waals surface area contributed by atoms with E-state index in [0.717, 1.165) is 42.4 Å². The van der Waals surface area contributed by atoms with E-state index in [2.05, 4.69) is 5.32 Å². The molecule has 1 fully saturated rings. The first kappa shape index (κ1) is 28.2. The molecule has 0 heterocycles. The summed E-state index contributed by atoms with van der Waals surface area (Å²) in [5.74, 6) is -0.281. The Morgan fingerprint density at radius 2 is 1.74 bits per heavy atom. The number of aryl methyl sites for hydroxylation is 1. The van der Waals surface area contributed by atoms with Crippen LogP contribution in [-0.4, -0.2) is 34.6 Å². The molecule has 0 saturated heterocycles. The van der Waals surface area contributed by atoms with E-state index in [4.69, 9.17) is 11.6 Å². The molecule has 2 amide bonds. The molecule has 3 aromatic carbocycles. The SMILES string of the molecule is Cc1ccccc1CN(C(=O)CSCc1c(F)cccc1Cl)[C@@H](Cc1ccccc1)C(=O)NC1CCCC1. The largest absolute Gasteiger partial charge is 0.352 e. The van der Waals surface area contributed by atoms with Crippen LogP contribution in [0.5, 0.6) is 0 Å². The standard InChI is InChI=1S/C31H34ClFN2O2S/c1-22-10-5-6-13-24(22)19-35(30(36)21-38-20-26-27(32)16-9-17-28(26)33)29(18-23-11-3-2-4-12-23)31(37)34-25-14-7-8-15-25/h2-6,9-13,16-17,25,29H,7-8,14-15,18-21H2,1H3,(H,34,37)/t29-/m0/s1. The minimum Gasteiger partial charge on any atom is -0.352 e. The smallest absolute Gasteiger partial charge is 0.243 e. The zero-order valence-electron chi connectivity index (χ0n) is 21.7. The van der Waals surface area contributed by atoms with Crippen molar-refractivity contribution >= 4 is 35.2 Å². The highest BCUT2D eigenvalue weighted by atomic mass is 35.5. The maximum absolute atomic E-state index is 14.3. The molecule has 1 atom stereocenters. The molecule has 38 heavy (non-hydrogen) atoms. The Hall–Kier alpha value is -2.83. The lowest BCUT2D eigenvalue weighted by Gasteiger charge is -2.32. The van der Waals surface area contributed by atoms with E-state index in [1.807, 2.05) is 61.5 Å². The molecule has 0 unspecified atom stereocenters. The van der Waals surface area contributed by atoms with E-state index in [1.54, 1.807) is 17.0 Å². The maximum atomic E-state index is 14.3. The average Bonchev–Trinajstić information content (AvgIpc) is 3.42. The van der Waals surface area contributed by atoms with Gasteiger partial charge in [0, 0.05) is 35.3 Å². The summed E-state index contributed by atoms with van der Waals surface area (Å²) in [6.45, 7) is 2.33. The normalized spacial score (nSPS) is 14.3. The van der Waals surface area contributed by atoms with E-state index in [-0.39, 0.29) is 35.2 Å². The fraction of sp³-hybridized carbons (Fsp3) is 0.355. The number of rotatable bonds is 11. The summed E-state index contributed by atoms with van der Waals surface area (Å²) in [6, 6.07) is 21.8. The van der Waals surface area contributed by atoms with Crippen molar-refractivity contribution in [1.29, 1.82) is 0 Å². The van der Waals surface area contributed by atoms with Crippen LogP contribution in [0.2, 0.25) is 5.02 Å². The van der Waals surface area contributed by atoms with Crippen molar-refractivity contribution in [3.05, 3.63) is 106 Å². The van der Waals surface area contributed by atoms with Gasteiger partial charge in [0.05, 0.1) is 5.75 Å². The van der Waals surface area contributed by atoms with E-state index in [9.17, 15) is 14.0 Å². The van der Waals surface area contributed by atoms with Crippen molar-refractivity contribution in [2.24, 2.45) is 0 Å². The third-order valence-electron chi connectivity index (χ3n) is 7.11. The third-order valence-corrected chi connectivity index (χ3v) is 8.41. The summed E-state index contributed by atoms with van der Waals surface area (Å²) < 4.78 is 14.3. The van der Waals surface area contributed by atoms with Crippen LogP contribution in [0.3, 0.4) is 0 Å². The van der Waals surface area contributed by atoms with Gasteiger partial charge < -0.3 is 10.2 Å². The highest BCUT2D eigenvalue weighted by Crippen LogP contribution is 2.25. The number of hydrogen-bond donors (Lipinski definition) is 1. The Kier molecular flexibility index (Phi) is 10.2. The number of benzene rings is 3. The third kappa shape index (κ3) is 7.61. The second-order valence-electron chi connectivity index (χ2n) is 9.84. The number of nitrogens with one attached hydrogen (secondary N) is 1. The van der Waals surface area contributed by atoms with Gasteiger partial charge in [0.2, 0.25) is 11.8 Å². The Balaban J connectivity index is 1.59. The minimum atomic E-state index is -0.664. The van der Waals surface area contributed by atoms with Gasteiger partial charge in [-0.1, -0.05) is 85.1 Å². The molecule has 0 spiro atoms. The van der Waals surface area contributed by atoms with Gasteiger partial charge in [-0.25, -0.2) is 4.39 Å². The maximum Gasteiger partial charge on any atom is 0.243 e. The summed E-state index contributed by atoms with van der Waals surface area (Å²) in [4.78, 5) is 29.2. The van der Waals surface area contributed by atoms with E-state index < -0.39 is 6.04 Å². The topological polar surface area (TPSA) is 49.4 Å². The van der Waals surface area contributed by atoms with E-state index in [0.29, 0.717) is 23.6 Å². The molecule has 1 aliphatic carbocycles. The molecule has 0 bridgehead atoms. The Bertz CT molecular complexity index is 1210. The Morgan fingerprint density at radius 3 is 2.45 bits per heavy atom. The molecule has 1 saturated carbocycles. The van der Waals surface area contributed by atoms with Crippen molar-refractivity contribution in [3.63, 3.8) is 0 Å². The second-order valence-corrected chi connectivity index (χ2v) is 11.2. The Morgan fingerprint density at radius 1 is 1.03 bits per heavy atom. The number of thioether (sulfide) groups is 1. The lowest BCUT2D eigenvalue weighted by molar-refractivity contribution is -0.139. The highest BCUT2D eigenvalue weighted by molar-refractivity contribution is 7.99. The molecule has 0 aromatic heterocycles. The fourth-order valence-electron chi connectivity index (χ4n) is 4.89. The molecule has 7 heteroatoms. The quantitative estimate of drug-likeness (QED) is 0.287. The van der Waals surface area contributed by atoms with Crippen LogP contribution in [-0.2, 0) is 28.3 Å². The summed E-state index contributed by atoms with van der Waals surface area (Å²) in [7, 11) is 0. The van der Waals surface area contributed by atoms with Gasteiger partial charge in [0.1, 0.15) is 11.9 Å². The first-order valence-corrected chi connectivity index (χ1v) is 14.6. The van der Waals surface area contributed by atoms with Crippen LogP contribution in [0.4, 0.5) is 4.39 Å². The highest BCUT2D eigenvalue weighted by Gasteiger charge is 2.32. The van der Waals surface area contributed by atoms with Crippen LogP contribution in [0.25, 0.3) is 0 Å². The molecular formula is C31H34ClFN2O2S. The molecule has 4 nitrogen and oxygen atoms in total. The van der Waals surface area contributed by atoms with Crippen molar-refractivity contribution in [3.8, 4) is 0 Å². The molecule has 4 rings (SSSR count). The van der Waals surface area contributed by atoms with Gasteiger partial charge in [-0.2, -0.15) is 0 Å². The summed E-state index contributed by atoms with van der Waals surface area (Å²) >= 11 is 7.50. The van der Waals surface area contributed by atoms with Gasteiger partial charge in [-0.15, -0.1) is 11.8 Å². The molecule has 3 aromatic rings. The van der Waals surface area contributed by atoms with Gasteiger partial charge in [0.25, 0.3) is 0 Å². The van der Waals surface area contributed by atoms with Crippen molar-refractivity contribution in [2.45, 2.75) is 63.4 Å². The Labute approximate surface area is 234 Å².